The molecule has 0 saturated heterocycles. The van der Waals surface area contributed by atoms with Crippen LogP contribution in [0.5, 0.6) is 0 Å². The smallest absolute Gasteiger partial charge is 0.250 e. The lowest BCUT2D eigenvalue weighted by Crippen LogP contribution is -2.23. The van der Waals surface area contributed by atoms with Gasteiger partial charge in [0.25, 0.3) is 0 Å². The highest BCUT2D eigenvalue weighted by Crippen LogP contribution is 2.26. The van der Waals surface area contributed by atoms with Gasteiger partial charge >= 0.3 is 0 Å². The van der Waals surface area contributed by atoms with Crippen LogP contribution in [-0.2, 0) is 29.3 Å². The zero-order valence-electron chi connectivity index (χ0n) is 19.8. The van der Waals surface area contributed by atoms with E-state index in [2.05, 4.69) is 5.32 Å². The van der Waals surface area contributed by atoms with Gasteiger partial charge in [0.05, 0.1) is 45.2 Å². The third-order valence-corrected chi connectivity index (χ3v) is 4.86. The SMILES string of the molecule is CC.CCOC(C)(C)c1cccc(NC(=O)COCCOCCOCCSCCO)c1. The number of amides is 1. The summed E-state index contributed by atoms with van der Waals surface area (Å²) >= 11 is 1.66. The number of aliphatic hydroxyl groups excluding tert-OH is 1. The Morgan fingerprint density at radius 1 is 1.03 bits per heavy atom. The van der Waals surface area contributed by atoms with Gasteiger partial charge in [-0.25, -0.2) is 0 Å². The minimum Gasteiger partial charge on any atom is -0.396 e. The third kappa shape index (κ3) is 15.3. The molecule has 0 aliphatic heterocycles. The Bertz CT molecular complexity index is 571. The van der Waals surface area contributed by atoms with E-state index in [1.54, 1.807) is 11.8 Å². The Balaban J connectivity index is 0.00000436. The van der Waals surface area contributed by atoms with Gasteiger partial charge in [0.2, 0.25) is 5.91 Å². The first kappa shape index (κ1) is 29.8. The number of rotatable bonds is 17. The van der Waals surface area contributed by atoms with Crippen molar-refractivity contribution in [3.05, 3.63) is 29.8 Å². The average molecular weight is 460 g/mol. The number of ether oxygens (including phenoxy) is 4. The van der Waals surface area contributed by atoms with Gasteiger partial charge in [-0.15, -0.1) is 0 Å². The highest BCUT2D eigenvalue weighted by molar-refractivity contribution is 7.99. The fourth-order valence-electron chi connectivity index (χ4n) is 2.50. The predicted molar refractivity (Wildman–Crippen MR) is 128 cm³/mol. The molecule has 1 aromatic rings. The molecule has 1 amide bonds. The van der Waals surface area contributed by atoms with Gasteiger partial charge in [-0.05, 0) is 38.5 Å². The second kappa shape index (κ2) is 19.5. The molecule has 0 atom stereocenters. The summed E-state index contributed by atoms with van der Waals surface area (Å²) in [6, 6.07) is 7.64. The lowest BCUT2D eigenvalue weighted by atomic mass is 9.97. The Labute approximate surface area is 192 Å². The highest BCUT2D eigenvalue weighted by Gasteiger charge is 2.20. The molecule has 0 aromatic heterocycles. The van der Waals surface area contributed by atoms with Crippen LogP contribution in [0.2, 0.25) is 0 Å². The van der Waals surface area contributed by atoms with E-state index in [0.717, 1.165) is 22.8 Å². The van der Waals surface area contributed by atoms with E-state index in [1.165, 1.54) is 0 Å². The molecular weight excluding hydrogens is 418 g/mol. The molecule has 0 radical (unpaired) electrons. The summed E-state index contributed by atoms with van der Waals surface area (Å²) in [4.78, 5) is 12.0. The van der Waals surface area contributed by atoms with Crippen molar-refractivity contribution < 1.29 is 28.8 Å². The van der Waals surface area contributed by atoms with Crippen molar-refractivity contribution in [1.82, 2.24) is 0 Å². The number of nitrogens with one attached hydrogen (secondary N) is 1. The summed E-state index contributed by atoms with van der Waals surface area (Å²) in [5.41, 5.74) is 1.31. The summed E-state index contributed by atoms with van der Waals surface area (Å²) in [7, 11) is 0. The lowest BCUT2D eigenvalue weighted by molar-refractivity contribution is -0.121. The van der Waals surface area contributed by atoms with Crippen molar-refractivity contribution in [2.45, 2.75) is 40.2 Å². The van der Waals surface area contributed by atoms with Crippen LogP contribution in [0.1, 0.15) is 40.2 Å². The van der Waals surface area contributed by atoms with E-state index in [9.17, 15) is 4.79 Å². The average Bonchev–Trinajstić information content (AvgIpc) is 2.76. The van der Waals surface area contributed by atoms with E-state index in [1.807, 2.05) is 58.9 Å². The second-order valence-electron chi connectivity index (χ2n) is 6.69. The number of benzene rings is 1. The summed E-state index contributed by atoms with van der Waals surface area (Å²) in [5, 5.41) is 11.5. The van der Waals surface area contributed by atoms with Crippen LogP contribution in [0.4, 0.5) is 5.69 Å². The Morgan fingerprint density at radius 3 is 2.32 bits per heavy atom. The number of thioether (sulfide) groups is 1. The lowest BCUT2D eigenvalue weighted by Gasteiger charge is -2.25. The Morgan fingerprint density at radius 2 is 1.68 bits per heavy atom. The van der Waals surface area contributed by atoms with E-state index < -0.39 is 5.60 Å². The normalized spacial score (nSPS) is 11.0. The van der Waals surface area contributed by atoms with Gasteiger partial charge < -0.3 is 29.4 Å². The van der Waals surface area contributed by atoms with Gasteiger partial charge in [0.15, 0.2) is 0 Å². The first-order valence-corrected chi connectivity index (χ1v) is 12.1. The van der Waals surface area contributed by atoms with E-state index in [4.69, 9.17) is 24.1 Å². The van der Waals surface area contributed by atoms with Crippen LogP contribution in [0.15, 0.2) is 24.3 Å². The Hall–Kier alpha value is -1.16. The van der Waals surface area contributed by atoms with Crippen LogP contribution in [0.25, 0.3) is 0 Å². The molecular formula is C23H41NO6S. The number of aliphatic hydroxyl groups is 1. The number of anilines is 1. The van der Waals surface area contributed by atoms with Crippen molar-refractivity contribution in [3.8, 4) is 0 Å². The first-order chi connectivity index (χ1) is 15.0. The Kier molecular flexibility index (Phi) is 18.8. The predicted octanol–water partition coefficient (Wildman–Crippen LogP) is 3.70. The molecule has 31 heavy (non-hydrogen) atoms. The van der Waals surface area contributed by atoms with Gasteiger partial charge in [-0.1, -0.05) is 26.0 Å². The minimum atomic E-state index is -0.411. The van der Waals surface area contributed by atoms with Gasteiger partial charge in [-0.3, -0.25) is 4.79 Å². The second-order valence-corrected chi connectivity index (χ2v) is 7.91. The van der Waals surface area contributed by atoms with Crippen LogP contribution in [0.3, 0.4) is 0 Å². The fourth-order valence-corrected chi connectivity index (χ4v) is 3.07. The zero-order valence-corrected chi connectivity index (χ0v) is 20.6. The highest BCUT2D eigenvalue weighted by atomic mass is 32.2. The van der Waals surface area contributed by atoms with Crippen LogP contribution in [-0.4, -0.2) is 75.4 Å². The molecule has 0 fully saturated rings. The van der Waals surface area contributed by atoms with Crippen molar-refractivity contribution in [1.29, 1.82) is 0 Å². The van der Waals surface area contributed by atoms with Crippen molar-refractivity contribution >= 4 is 23.4 Å². The summed E-state index contributed by atoms with van der Waals surface area (Å²) in [6.45, 7) is 13.2. The van der Waals surface area contributed by atoms with E-state index >= 15 is 0 Å². The molecule has 0 bridgehead atoms. The standard InChI is InChI=1S/C21H35NO6S.C2H6/c1-4-28-21(2,3)18-6-5-7-19(16-18)22-20(24)17-27-12-11-25-9-10-26-13-15-29-14-8-23;1-2/h5-7,16,23H,4,8-15,17H2,1-3H3,(H,22,24);1-2H3. The summed E-state index contributed by atoms with van der Waals surface area (Å²) in [6.07, 6.45) is 0. The number of hydrogen-bond acceptors (Lipinski definition) is 7. The number of carbonyl (C=O) groups is 1. The maximum Gasteiger partial charge on any atom is 0.250 e. The molecule has 7 nitrogen and oxygen atoms in total. The molecule has 1 rings (SSSR count). The first-order valence-electron chi connectivity index (χ1n) is 11.0. The largest absolute Gasteiger partial charge is 0.396 e. The van der Waals surface area contributed by atoms with Gasteiger partial charge in [-0.2, -0.15) is 11.8 Å². The van der Waals surface area contributed by atoms with Crippen LogP contribution in [0, 0.1) is 0 Å². The topological polar surface area (TPSA) is 86.3 Å². The van der Waals surface area contributed by atoms with Gasteiger partial charge in [0, 0.05) is 23.8 Å². The monoisotopic (exact) mass is 459 g/mol. The maximum atomic E-state index is 12.0. The molecule has 0 spiro atoms. The van der Waals surface area contributed by atoms with E-state index in [-0.39, 0.29) is 19.1 Å². The molecule has 0 saturated carbocycles. The molecule has 180 valence electrons. The molecule has 1 aromatic carbocycles. The van der Waals surface area contributed by atoms with Crippen molar-refractivity contribution in [3.63, 3.8) is 0 Å². The minimum absolute atomic E-state index is 0.0268. The molecule has 0 aliphatic rings. The maximum absolute atomic E-state index is 12.0. The van der Waals surface area contributed by atoms with Crippen molar-refractivity contribution in [2.75, 3.05) is 69.7 Å². The molecule has 0 aliphatic carbocycles. The quantitative estimate of drug-likeness (QED) is 0.344. The van der Waals surface area contributed by atoms with Crippen LogP contribution >= 0.6 is 11.8 Å². The third-order valence-electron chi connectivity index (χ3n) is 3.93. The van der Waals surface area contributed by atoms with Crippen molar-refractivity contribution in [2.24, 2.45) is 0 Å². The number of carbonyl (C=O) groups excluding carboxylic acids is 1. The van der Waals surface area contributed by atoms with Crippen LogP contribution < -0.4 is 5.32 Å². The summed E-state index contributed by atoms with van der Waals surface area (Å²) in [5.74, 6) is 1.40. The fraction of sp³-hybridized carbons (Fsp3) is 0.696. The summed E-state index contributed by atoms with van der Waals surface area (Å²) < 4.78 is 21.9. The van der Waals surface area contributed by atoms with Gasteiger partial charge in [0.1, 0.15) is 6.61 Å². The molecule has 0 unspecified atom stereocenters. The molecule has 0 heterocycles. The van der Waals surface area contributed by atoms with E-state index in [0.29, 0.717) is 39.6 Å². The zero-order chi connectivity index (χ0) is 23.4. The number of hydrogen-bond donors (Lipinski definition) is 2. The molecule has 2 N–H and O–H groups in total. The molecule has 8 heteroatoms.